The van der Waals surface area contributed by atoms with Gasteiger partial charge >= 0.3 is 0 Å². The van der Waals surface area contributed by atoms with Crippen molar-refractivity contribution in [1.29, 1.82) is 0 Å². The molecule has 0 aromatic carbocycles. The fraction of sp³-hybridized carbons (Fsp3) is 0.903. The first-order valence-corrected chi connectivity index (χ1v) is 14.4. The fourth-order valence-corrected chi connectivity index (χ4v) is 11.4. The van der Waals surface area contributed by atoms with Crippen LogP contribution < -0.4 is 0 Å². The van der Waals surface area contributed by atoms with Gasteiger partial charge < -0.3 is 9.84 Å². The lowest BCUT2D eigenvalue weighted by Crippen LogP contribution is -2.65. The van der Waals surface area contributed by atoms with Crippen molar-refractivity contribution in [2.75, 3.05) is 0 Å². The zero-order chi connectivity index (χ0) is 26.3. The van der Waals surface area contributed by atoms with Crippen LogP contribution in [0.5, 0.6) is 0 Å². The van der Waals surface area contributed by atoms with Gasteiger partial charge in [-0.3, -0.25) is 14.4 Å². The van der Waals surface area contributed by atoms with Crippen molar-refractivity contribution in [2.45, 2.75) is 130 Å². The first-order valence-electron chi connectivity index (χ1n) is 14.4. The van der Waals surface area contributed by atoms with Crippen LogP contribution in [0.15, 0.2) is 0 Å². The maximum absolute atomic E-state index is 13.9. The SMILES string of the molecule is CC(C)(O)C1CC[C@](C)(C2CC(=O)C[C@@]3(C)C4CC(=O)[C@H]5C(C)(C)C(=O)CCC56CC46CCC23C)O1. The number of ketones is 3. The molecular weight excluding hydrogens is 452 g/mol. The number of hydrogen-bond acceptors (Lipinski definition) is 5. The molecule has 1 heterocycles. The average molecular weight is 499 g/mol. The van der Waals surface area contributed by atoms with Crippen LogP contribution in [0, 0.1) is 44.8 Å². The van der Waals surface area contributed by atoms with Crippen molar-refractivity contribution >= 4 is 17.3 Å². The Morgan fingerprint density at radius 1 is 0.861 bits per heavy atom. The van der Waals surface area contributed by atoms with E-state index in [4.69, 9.17) is 4.74 Å². The highest BCUT2D eigenvalue weighted by molar-refractivity contribution is 5.96. The van der Waals surface area contributed by atoms with Gasteiger partial charge in [0.15, 0.2) is 0 Å². The second-order valence-corrected chi connectivity index (χ2v) is 15.7. The molecule has 1 saturated heterocycles. The molecule has 6 fully saturated rings. The van der Waals surface area contributed by atoms with Crippen LogP contribution in [0.1, 0.15) is 113 Å². The first kappa shape index (κ1) is 25.2. The Balaban J connectivity index is 1.40. The predicted molar refractivity (Wildman–Crippen MR) is 136 cm³/mol. The van der Waals surface area contributed by atoms with Crippen molar-refractivity contribution in [3.8, 4) is 0 Å². The molecule has 5 heteroatoms. The summed E-state index contributed by atoms with van der Waals surface area (Å²) < 4.78 is 6.67. The molecule has 9 atom stereocenters. The Morgan fingerprint density at radius 2 is 1.56 bits per heavy atom. The van der Waals surface area contributed by atoms with E-state index in [2.05, 4.69) is 20.8 Å². The molecule has 5 aliphatic carbocycles. The summed E-state index contributed by atoms with van der Waals surface area (Å²) in [6, 6.07) is 0. The van der Waals surface area contributed by atoms with Gasteiger partial charge in [0.2, 0.25) is 0 Å². The van der Waals surface area contributed by atoms with Gasteiger partial charge in [-0.05, 0) is 86.9 Å². The number of ether oxygens (including phenoxy) is 1. The molecule has 0 radical (unpaired) electrons. The monoisotopic (exact) mass is 498 g/mol. The van der Waals surface area contributed by atoms with E-state index in [-0.39, 0.29) is 57.1 Å². The van der Waals surface area contributed by atoms with Crippen molar-refractivity contribution in [3.63, 3.8) is 0 Å². The van der Waals surface area contributed by atoms with Crippen LogP contribution in [0.3, 0.4) is 0 Å². The predicted octanol–water partition coefficient (Wildman–Crippen LogP) is 5.45. The quantitative estimate of drug-likeness (QED) is 0.547. The molecule has 200 valence electrons. The molecule has 0 bridgehead atoms. The Hall–Kier alpha value is -1.07. The molecule has 6 unspecified atom stereocenters. The Kier molecular flexibility index (Phi) is 4.85. The zero-order valence-corrected chi connectivity index (χ0v) is 23.5. The lowest BCUT2D eigenvalue weighted by molar-refractivity contribution is -0.223. The van der Waals surface area contributed by atoms with Gasteiger partial charge in [0.1, 0.15) is 17.3 Å². The highest BCUT2D eigenvalue weighted by atomic mass is 16.5. The smallest absolute Gasteiger partial charge is 0.139 e. The molecule has 36 heavy (non-hydrogen) atoms. The highest BCUT2D eigenvalue weighted by Gasteiger charge is 2.84. The normalized spacial score (nSPS) is 53.8. The number of carbonyl (C=O) groups excluding carboxylic acids is 3. The molecule has 0 aromatic rings. The maximum Gasteiger partial charge on any atom is 0.139 e. The summed E-state index contributed by atoms with van der Waals surface area (Å²) in [5.41, 5.74) is -2.28. The van der Waals surface area contributed by atoms with Gasteiger partial charge in [-0.15, -0.1) is 0 Å². The Bertz CT molecular complexity index is 1050. The molecule has 0 aromatic heterocycles. The second-order valence-electron chi connectivity index (χ2n) is 15.7. The minimum absolute atomic E-state index is 0.0511. The summed E-state index contributed by atoms with van der Waals surface area (Å²) in [6.07, 6.45) is 7.64. The maximum atomic E-state index is 13.9. The summed E-state index contributed by atoms with van der Waals surface area (Å²) in [6.45, 7) is 14.6. The largest absolute Gasteiger partial charge is 0.388 e. The van der Waals surface area contributed by atoms with Crippen LogP contribution in [-0.4, -0.2) is 39.8 Å². The van der Waals surface area contributed by atoms with Crippen LogP contribution in [-0.2, 0) is 19.1 Å². The number of carbonyl (C=O) groups is 3. The Labute approximate surface area is 216 Å². The minimum Gasteiger partial charge on any atom is -0.388 e. The molecule has 5 saturated carbocycles. The van der Waals surface area contributed by atoms with Gasteiger partial charge in [-0.2, -0.15) is 0 Å². The van der Waals surface area contributed by atoms with Crippen LogP contribution in [0.2, 0.25) is 0 Å². The van der Waals surface area contributed by atoms with Crippen molar-refractivity contribution < 1.29 is 24.2 Å². The number of hydrogen-bond donors (Lipinski definition) is 1. The average Bonchev–Trinajstić information content (AvgIpc) is 3.22. The van der Waals surface area contributed by atoms with Crippen LogP contribution in [0.4, 0.5) is 0 Å². The third-order valence-electron chi connectivity index (χ3n) is 13.5. The number of fused-ring (bicyclic) bond motifs is 2. The zero-order valence-electron chi connectivity index (χ0n) is 23.5. The minimum atomic E-state index is -0.909. The summed E-state index contributed by atoms with van der Waals surface area (Å²) in [5.74, 6) is 0.938. The fourth-order valence-electron chi connectivity index (χ4n) is 11.4. The summed E-state index contributed by atoms with van der Waals surface area (Å²) in [5, 5.41) is 10.7. The van der Waals surface area contributed by atoms with E-state index in [0.29, 0.717) is 31.5 Å². The number of aliphatic hydroxyl groups is 1. The van der Waals surface area contributed by atoms with Crippen LogP contribution >= 0.6 is 0 Å². The molecule has 1 aliphatic heterocycles. The first-order chi connectivity index (χ1) is 16.5. The number of Topliss-reactive ketones (excluding diaryl/α,β-unsaturated/α-hetero) is 3. The van der Waals surface area contributed by atoms with Gasteiger partial charge in [-0.25, -0.2) is 0 Å². The van der Waals surface area contributed by atoms with Crippen molar-refractivity contribution in [1.82, 2.24) is 0 Å². The van der Waals surface area contributed by atoms with E-state index in [9.17, 15) is 19.5 Å². The standard InChI is InChI=1S/C31H46O5/c1-25(2)22(34)8-11-31-17-30(31)13-12-27(5)20(29(7)10-9-23(36-29)26(3,4)35)14-18(32)16-28(27,6)21(30)15-19(33)24(25)31/h20-21,23-24,35H,8-17H2,1-7H3/t20?,21?,23?,24-,27?,28-,29+,30?,31?/m0/s1. The van der Waals surface area contributed by atoms with Crippen molar-refractivity contribution in [3.05, 3.63) is 0 Å². The second kappa shape index (κ2) is 6.92. The highest BCUT2D eigenvalue weighted by Crippen LogP contribution is 2.87. The molecule has 6 rings (SSSR count). The molecule has 0 amide bonds. The third-order valence-corrected chi connectivity index (χ3v) is 13.5. The molecule has 5 nitrogen and oxygen atoms in total. The van der Waals surface area contributed by atoms with Gasteiger partial charge in [-0.1, -0.05) is 27.7 Å². The molecule has 2 spiro atoms. The Morgan fingerprint density at radius 3 is 2.19 bits per heavy atom. The topological polar surface area (TPSA) is 80.7 Å². The molecule has 6 aliphatic rings. The van der Waals surface area contributed by atoms with E-state index in [0.717, 1.165) is 38.5 Å². The summed E-state index contributed by atoms with van der Waals surface area (Å²) in [4.78, 5) is 40.4. The van der Waals surface area contributed by atoms with E-state index in [1.807, 2.05) is 27.7 Å². The summed E-state index contributed by atoms with van der Waals surface area (Å²) in [7, 11) is 0. The molecule has 1 N–H and O–H groups in total. The number of rotatable bonds is 2. The van der Waals surface area contributed by atoms with E-state index in [1.54, 1.807) is 0 Å². The van der Waals surface area contributed by atoms with E-state index in [1.165, 1.54) is 0 Å². The van der Waals surface area contributed by atoms with E-state index < -0.39 is 16.6 Å². The van der Waals surface area contributed by atoms with Crippen molar-refractivity contribution in [2.24, 2.45) is 44.8 Å². The lowest BCUT2D eigenvalue weighted by atomic mass is 9.36. The summed E-state index contributed by atoms with van der Waals surface area (Å²) >= 11 is 0. The molecular formula is C31H46O5. The van der Waals surface area contributed by atoms with Gasteiger partial charge in [0.25, 0.3) is 0 Å². The van der Waals surface area contributed by atoms with Gasteiger partial charge in [0.05, 0.1) is 17.3 Å². The van der Waals surface area contributed by atoms with Gasteiger partial charge in [0, 0.05) is 42.9 Å². The lowest BCUT2D eigenvalue weighted by Gasteiger charge is -2.67. The van der Waals surface area contributed by atoms with E-state index >= 15 is 0 Å². The van der Waals surface area contributed by atoms with Crippen LogP contribution in [0.25, 0.3) is 0 Å². The third kappa shape index (κ3) is 2.78.